The first kappa shape index (κ1) is 20.6. The van der Waals surface area contributed by atoms with Crippen molar-refractivity contribution < 1.29 is 9.53 Å². The number of nitrogens with one attached hydrogen (secondary N) is 1. The fraction of sp³-hybridized carbons (Fsp3) is 0.250. The van der Waals surface area contributed by atoms with Crippen molar-refractivity contribution in [2.45, 2.75) is 33.8 Å². The van der Waals surface area contributed by atoms with E-state index in [0.717, 1.165) is 28.2 Å². The lowest BCUT2D eigenvalue weighted by Crippen LogP contribution is -2.26. The van der Waals surface area contributed by atoms with Gasteiger partial charge in [-0.3, -0.25) is 4.79 Å². The van der Waals surface area contributed by atoms with Gasteiger partial charge in [-0.2, -0.15) is 5.10 Å². The molecular formula is C24H27N3O2. The average Bonchev–Trinajstić information content (AvgIpc) is 2.96. The minimum Gasteiger partial charge on any atom is -0.367 e. The molecule has 3 aromatic rings. The van der Waals surface area contributed by atoms with E-state index in [4.69, 9.17) is 4.74 Å². The van der Waals surface area contributed by atoms with Crippen molar-refractivity contribution in [3.63, 3.8) is 0 Å². The van der Waals surface area contributed by atoms with E-state index in [1.807, 2.05) is 30.3 Å². The van der Waals surface area contributed by atoms with E-state index in [1.54, 1.807) is 6.21 Å². The van der Waals surface area contributed by atoms with Gasteiger partial charge in [0.05, 0.1) is 6.21 Å². The number of ether oxygens (including phenoxy) is 1. The SMILES string of the molecule is COC(C(=O)N/N=C/c1cc(C)n(-c2cc(C)cc(C)c2)c1C)c1ccccc1. The smallest absolute Gasteiger partial charge is 0.273 e. The van der Waals surface area contributed by atoms with Crippen LogP contribution in [0.4, 0.5) is 0 Å². The van der Waals surface area contributed by atoms with Crippen LogP contribution in [0.5, 0.6) is 0 Å². The summed E-state index contributed by atoms with van der Waals surface area (Å²) in [6, 6.07) is 17.9. The second-order valence-corrected chi connectivity index (χ2v) is 7.27. The highest BCUT2D eigenvalue weighted by Crippen LogP contribution is 2.22. The molecule has 1 atom stereocenters. The summed E-state index contributed by atoms with van der Waals surface area (Å²) in [6.07, 6.45) is 0.980. The molecule has 0 radical (unpaired) electrons. The Morgan fingerprint density at radius 2 is 1.69 bits per heavy atom. The molecule has 1 amide bonds. The van der Waals surface area contributed by atoms with Crippen LogP contribution in [-0.4, -0.2) is 23.8 Å². The predicted molar refractivity (Wildman–Crippen MR) is 117 cm³/mol. The Morgan fingerprint density at radius 1 is 1.03 bits per heavy atom. The van der Waals surface area contributed by atoms with Crippen LogP contribution in [0.15, 0.2) is 59.7 Å². The van der Waals surface area contributed by atoms with Gasteiger partial charge in [0.25, 0.3) is 5.91 Å². The first-order valence-electron chi connectivity index (χ1n) is 9.59. The summed E-state index contributed by atoms with van der Waals surface area (Å²) >= 11 is 0. The van der Waals surface area contributed by atoms with Gasteiger partial charge in [-0.1, -0.05) is 36.4 Å². The fourth-order valence-corrected chi connectivity index (χ4v) is 3.64. The summed E-state index contributed by atoms with van der Waals surface area (Å²) < 4.78 is 7.54. The molecule has 0 bridgehead atoms. The first-order valence-corrected chi connectivity index (χ1v) is 9.59. The Hall–Kier alpha value is -3.18. The van der Waals surface area contributed by atoms with E-state index in [-0.39, 0.29) is 5.91 Å². The normalized spacial score (nSPS) is 12.3. The minimum absolute atomic E-state index is 0.307. The molecule has 1 unspecified atom stereocenters. The fourth-order valence-electron chi connectivity index (χ4n) is 3.64. The molecule has 0 aliphatic carbocycles. The number of methoxy groups -OCH3 is 1. The van der Waals surface area contributed by atoms with Crippen LogP contribution in [0.25, 0.3) is 5.69 Å². The quantitative estimate of drug-likeness (QED) is 0.497. The Bertz CT molecular complexity index is 1020. The van der Waals surface area contributed by atoms with Crippen molar-refractivity contribution in [2.75, 3.05) is 7.11 Å². The van der Waals surface area contributed by atoms with Crippen molar-refractivity contribution in [2.24, 2.45) is 5.10 Å². The molecule has 5 nitrogen and oxygen atoms in total. The third kappa shape index (κ3) is 4.63. The zero-order chi connectivity index (χ0) is 21.0. The number of hydrogen-bond donors (Lipinski definition) is 1. The Balaban J connectivity index is 1.79. The lowest BCUT2D eigenvalue weighted by molar-refractivity contribution is -0.131. The third-order valence-electron chi connectivity index (χ3n) is 4.89. The highest BCUT2D eigenvalue weighted by molar-refractivity contribution is 5.86. The number of nitrogens with zero attached hydrogens (tertiary/aromatic N) is 2. The molecule has 0 saturated carbocycles. The van der Waals surface area contributed by atoms with Gasteiger partial charge in [-0.25, -0.2) is 5.43 Å². The van der Waals surface area contributed by atoms with Gasteiger partial charge in [0.1, 0.15) is 0 Å². The summed E-state index contributed by atoms with van der Waals surface area (Å²) in [6.45, 7) is 8.32. The monoisotopic (exact) mass is 389 g/mol. The van der Waals surface area contributed by atoms with Crippen LogP contribution >= 0.6 is 0 Å². The molecule has 29 heavy (non-hydrogen) atoms. The van der Waals surface area contributed by atoms with Gasteiger partial charge in [0, 0.05) is 29.7 Å². The second-order valence-electron chi connectivity index (χ2n) is 7.27. The maximum absolute atomic E-state index is 12.5. The highest BCUT2D eigenvalue weighted by atomic mass is 16.5. The standard InChI is InChI=1S/C24H27N3O2/c1-16-11-17(2)13-22(12-16)27-18(3)14-21(19(27)4)15-25-26-24(28)23(29-5)20-9-7-6-8-10-20/h6-15,23H,1-5H3,(H,26,28)/b25-15+. The van der Waals surface area contributed by atoms with Crippen LogP contribution in [0, 0.1) is 27.7 Å². The summed E-state index contributed by atoms with van der Waals surface area (Å²) in [5.41, 5.74) is 10.1. The number of amides is 1. The van der Waals surface area contributed by atoms with Crippen LogP contribution in [-0.2, 0) is 9.53 Å². The molecular weight excluding hydrogens is 362 g/mol. The van der Waals surface area contributed by atoms with Crippen LogP contribution in [0.1, 0.15) is 39.7 Å². The molecule has 150 valence electrons. The number of rotatable bonds is 6. The van der Waals surface area contributed by atoms with Gasteiger partial charge < -0.3 is 9.30 Å². The predicted octanol–water partition coefficient (Wildman–Crippen LogP) is 4.55. The van der Waals surface area contributed by atoms with E-state index in [2.05, 4.69) is 67.1 Å². The topological polar surface area (TPSA) is 55.6 Å². The number of carbonyl (C=O) groups is 1. The third-order valence-corrected chi connectivity index (χ3v) is 4.89. The molecule has 0 aliphatic heterocycles. The van der Waals surface area contributed by atoms with Gasteiger partial charge in [-0.05, 0) is 62.6 Å². The van der Waals surface area contributed by atoms with Gasteiger partial charge in [0.15, 0.2) is 6.10 Å². The second kappa shape index (κ2) is 8.88. The summed E-state index contributed by atoms with van der Waals surface area (Å²) in [7, 11) is 1.51. The summed E-state index contributed by atoms with van der Waals surface area (Å²) in [5, 5.41) is 4.16. The zero-order valence-corrected chi connectivity index (χ0v) is 17.6. The number of aryl methyl sites for hydroxylation is 3. The van der Waals surface area contributed by atoms with E-state index >= 15 is 0 Å². The largest absolute Gasteiger partial charge is 0.367 e. The Kier molecular flexibility index (Phi) is 6.29. The zero-order valence-electron chi connectivity index (χ0n) is 17.6. The maximum atomic E-state index is 12.5. The Morgan fingerprint density at radius 3 is 2.31 bits per heavy atom. The van der Waals surface area contributed by atoms with Gasteiger partial charge >= 0.3 is 0 Å². The first-order chi connectivity index (χ1) is 13.9. The Labute approximate surface area is 172 Å². The van der Waals surface area contributed by atoms with E-state index < -0.39 is 6.10 Å². The number of carbonyl (C=O) groups excluding carboxylic acids is 1. The lowest BCUT2D eigenvalue weighted by atomic mass is 10.1. The molecule has 0 spiro atoms. The molecule has 0 fully saturated rings. The minimum atomic E-state index is -0.698. The molecule has 1 N–H and O–H groups in total. The van der Waals surface area contributed by atoms with Gasteiger partial charge in [0.2, 0.25) is 0 Å². The number of hydrogen-bond acceptors (Lipinski definition) is 3. The van der Waals surface area contributed by atoms with Crippen LogP contribution in [0.3, 0.4) is 0 Å². The molecule has 1 heterocycles. The highest BCUT2D eigenvalue weighted by Gasteiger charge is 2.19. The van der Waals surface area contributed by atoms with Crippen molar-refractivity contribution in [3.8, 4) is 5.69 Å². The van der Waals surface area contributed by atoms with Crippen molar-refractivity contribution >= 4 is 12.1 Å². The van der Waals surface area contributed by atoms with E-state index in [9.17, 15) is 4.79 Å². The van der Waals surface area contributed by atoms with E-state index in [0.29, 0.717) is 0 Å². The van der Waals surface area contributed by atoms with Crippen molar-refractivity contribution in [1.29, 1.82) is 0 Å². The van der Waals surface area contributed by atoms with Gasteiger partial charge in [-0.15, -0.1) is 0 Å². The number of benzene rings is 2. The van der Waals surface area contributed by atoms with Crippen LogP contribution in [0.2, 0.25) is 0 Å². The molecule has 5 heteroatoms. The van der Waals surface area contributed by atoms with Crippen molar-refractivity contribution in [3.05, 3.63) is 88.2 Å². The lowest BCUT2D eigenvalue weighted by Gasteiger charge is -2.13. The molecule has 1 aromatic heterocycles. The maximum Gasteiger partial charge on any atom is 0.273 e. The molecule has 0 aliphatic rings. The molecule has 0 saturated heterocycles. The average molecular weight is 389 g/mol. The van der Waals surface area contributed by atoms with Crippen LogP contribution < -0.4 is 5.43 Å². The number of hydrazone groups is 1. The summed E-state index contributed by atoms with van der Waals surface area (Å²) in [4.78, 5) is 12.5. The number of aromatic nitrogens is 1. The summed E-state index contributed by atoms with van der Waals surface area (Å²) in [5.74, 6) is -0.307. The van der Waals surface area contributed by atoms with Crippen molar-refractivity contribution in [1.82, 2.24) is 9.99 Å². The molecule has 2 aromatic carbocycles. The van der Waals surface area contributed by atoms with E-state index in [1.165, 1.54) is 18.2 Å². The molecule has 3 rings (SSSR count).